The van der Waals surface area contributed by atoms with Crippen molar-refractivity contribution in [1.29, 1.82) is 0 Å². The first-order valence-electron chi connectivity index (χ1n) is 7.71. The lowest BCUT2D eigenvalue weighted by Crippen LogP contribution is -2.42. The fourth-order valence-corrected chi connectivity index (χ4v) is 3.29. The Bertz CT molecular complexity index is 343. The van der Waals surface area contributed by atoms with E-state index in [0.29, 0.717) is 18.9 Å². The van der Waals surface area contributed by atoms with Crippen LogP contribution in [-0.2, 0) is 9.59 Å². The van der Waals surface area contributed by atoms with E-state index < -0.39 is 0 Å². The molecule has 3 atom stereocenters. The smallest absolute Gasteiger partial charge is 0.246 e. The van der Waals surface area contributed by atoms with Crippen molar-refractivity contribution in [2.75, 3.05) is 13.1 Å². The van der Waals surface area contributed by atoms with Crippen LogP contribution in [-0.4, -0.2) is 35.8 Å². The molecule has 2 aliphatic rings. The minimum atomic E-state index is -0.270. The van der Waals surface area contributed by atoms with Gasteiger partial charge in [0.05, 0.1) is 12.5 Å². The van der Waals surface area contributed by atoms with Crippen molar-refractivity contribution < 1.29 is 9.59 Å². The lowest BCUT2D eigenvalue weighted by Gasteiger charge is -2.29. The van der Waals surface area contributed by atoms with Crippen LogP contribution in [0.25, 0.3) is 0 Å². The van der Waals surface area contributed by atoms with Gasteiger partial charge in [0.2, 0.25) is 11.8 Å². The Morgan fingerprint density at radius 2 is 2.00 bits per heavy atom. The maximum Gasteiger partial charge on any atom is 0.246 e. The molecule has 2 rings (SSSR count). The summed E-state index contributed by atoms with van der Waals surface area (Å²) in [6.07, 6.45) is 6.37. The Labute approximate surface area is 115 Å². The van der Waals surface area contributed by atoms with Gasteiger partial charge in [-0.05, 0) is 31.2 Å². The number of likely N-dealkylation sites (tertiary alicyclic amines) is 1. The molecule has 0 spiro atoms. The lowest BCUT2D eigenvalue weighted by molar-refractivity contribution is -0.138. The highest BCUT2D eigenvalue weighted by atomic mass is 16.2. The molecule has 4 nitrogen and oxygen atoms in total. The average molecular weight is 266 g/mol. The first-order chi connectivity index (χ1) is 9.13. The largest absolute Gasteiger partial charge is 0.305 e. The van der Waals surface area contributed by atoms with Gasteiger partial charge in [-0.15, -0.1) is 0 Å². The predicted molar refractivity (Wildman–Crippen MR) is 74.5 cm³/mol. The summed E-state index contributed by atoms with van der Waals surface area (Å²) in [6, 6.07) is -0.270. The molecule has 0 bridgehead atoms. The van der Waals surface area contributed by atoms with Crippen molar-refractivity contribution >= 4 is 11.8 Å². The highest BCUT2D eigenvalue weighted by molar-refractivity contribution is 6.05. The molecule has 0 radical (unpaired) electrons. The van der Waals surface area contributed by atoms with E-state index in [0.717, 1.165) is 18.9 Å². The number of nitrogens with one attached hydrogen (secondary N) is 1. The molecule has 0 aromatic carbocycles. The van der Waals surface area contributed by atoms with Crippen LogP contribution >= 0.6 is 0 Å². The van der Waals surface area contributed by atoms with E-state index in [1.165, 1.54) is 30.6 Å². The molecule has 1 aliphatic heterocycles. The van der Waals surface area contributed by atoms with Crippen LogP contribution in [0.1, 0.15) is 52.4 Å². The predicted octanol–water partition coefficient (Wildman–Crippen LogP) is 1.94. The summed E-state index contributed by atoms with van der Waals surface area (Å²) in [5.74, 6) is 1.37. The third kappa shape index (κ3) is 3.35. The maximum absolute atomic E-state index is 12.1. The van der Waals surface area contributed by atoms with E-state index in [2.05, 4.69) is 12.2 Å². The highest BCUT2D eigenvalue weighted by Gasteiger charge is 2.38. The SMILES string of the molecule is CCCN1C(=O)CC(NCC2CCCCC2C)C1=O. The Kier molecular flexibility index (Phi) is 4.97. The first-order valence-corrected chi connectivity index (χ1v) is 7.71. The maximum atomic E-state index is 12.1. The average Bonchev–Trinajstić information content (AvgIpc) is 2.66. The van der Waals surface area contributed by atoms with Gasteiger partial charge in [0.15, 0.2) is 0 Å². The fourth-order valence-electron chi connectivity index (χ4n) is 3.29. The number of nitrogens with zero attached hydrogens (tertiary/aromatic N) is 1. The molecule has 0 aromatic heterocycles. The molecule has 2 amide bonds. The van der Waals surface area contributed by atoms with Crippen LogP contribution in [0.2, 0.25) is 0 Å². The summed E-state index contributed by atoms with van der Waals surface area (Å²) < 4.78 is 0. The Balaban J connectivity index is 1.83. The van der Waals surface area contributed by atoms with E-state index in [1.807, 2.05) is 6.92 Å². The minimum absolute atomic E-state index is 0.0129. The van der Waals surface area contributed by atoms with Gasteiger partial charge in [-0.1, -0.05) is 33.1 Å². The van der Waals surface area contributed by atoms with E-state index in [4.69, 9.17) is 0 Å². The molecular weight excluding hydrogens is 240 g/mol. The van der Waals surface area contributed by atoms with E-state index in [9.17, 15) is 9.59 Å². The summed E-state index contributed by atoms with van der Waals surface area (Å²) in [7, 11) is 0. The van der Waals surface area contributed by atoms with Gasteiger partial charge in [-0.2, -0.15) is 0 Å². The third-order valence-corrected chi connectivity index (χ3v) is 4.61. The Hall–Kier alpha value is -0.900. The first kappa shape index (κ1) is 14.5. The second-order valence-corrected chi connectivity index (χ2v) is 6.07. The summed E-state index contributed by atoms with van der Waals surface area (Å²) >= 11 is 0. The molecule has 3 unspecified atom stereocenters. The van der Waals surface area contributed by atoms with Crippen molar-refractivity contribution in [1.82, 2.24) is 10.2 Å². The van der Waals surface area contributed by atoms with E-state index in [-0.39, 0.29) is 17.9 Å². The molecule has 1 aliphatic carbocycles. The number of hydrogen-bond donors (Lipinski definition) is 1. The molecule has 4 heteroatoms. The van der Waals surface area contributed by atoms with Crippen molar-refractivity contribution in [2.45, 2.75) is 58.4 Å². The Morgan fingerprint density at radius 3 is 2.68 bits per heavy atom. The van der Waals surface area contributed by atoms with Gasteiger partial charge >= 0.3 is 0 Å². The van der Waals surface area contributed by atoms with Gasteiger partial charge in [-0.25, -0.2) is 0 Å². The van der Waals surface area contributed by atoms with Gasteiger partial charge in [0, 0.05) is 6.54 Å². The molecular formula is C15H26N2O2. The molecule has 1 N–H and O–H groups in total. The van der Waals surface area contributed by atoms with Crippen LogP contribution in [0.5, 0.6) is 0 Å². The zero-order valence-electron chi connectivity index (χ0n) is 12.2. The zero-order valence-corrected chi connectivity index (χ0v) is 12.2. The monoisotopic (exact) mass is 266 g/mol. The third-order valence-electron chi connectivity index (χ3n) is 4.61. The molecule has 19 heavy (non-hydrogen) atoms. The van der Waals surface area contributed by atoms with Crippen LogP contribution in [0.4, 0.5) is 0 Å². The standard InChI is InChI=1S/C15H26N2O2/c1-3-8-17-14(18)9-13(15(17)19)16-10-12-7-5-4-6-11(12)2/h11-13,16H,3-10H2,1-2H3. The van der Waals surface area contributed by atoms with Gasteiger partial charge in [0.1, 0.15) is 0 Å². The second kappa shape index (κ2) is 6.51. The zero-order chi connectivity index (χ0) is 13.8. The van der Waals surface area contributed by atoms with Crippen molar-refractivity contribution in [2.24, 2.45) is 11.8 Å². The van der Waals surface area contributed by atoms with Crippen LogP contribution in [0.3, 0.4) is 0 Å². The quantitative estimate of drug-likeness (QED) is 0.774. The number of carbonyl (C=O) groups excluding carboxylic acids is 2. The fraction of sp³-hybridized carbons (Fsp3) is 0.867. The molecule has 1 heterocycles. The topological polar surface area (TPSA) is 49.4 Å². The van der Waals surface area contributed by atoms with Gasteiger partial charge < -0.3 is 5.32 Å². The van der Waals surface area contributed by atoms with Gasteiger partial charge in [0.25, 0.3) is 0 Å². The minimum Gasteiger partial charge on any atom is -0.305 e. The number of carbonyl (C=O) groups is 2. The summed E-state index contributed by atoms with van der Waals surface area (Å²) in [4.78, 5) is 25.3. The number of imide groups is 1. The van der Waals surface area contributed by atoms with E-state index >= 15 is 0 Å². The summed E-state index contributed by atoms with van der Waals surface area (Å²) in [5, 5.41) is 3.34. The van der Waals surface area contributed by atoms with E-state index in [1.54, 1.807) is 0 Å². The highest BCUT2D eigenvalue weighted by Crippen LogP contribution is 2.29. The molecule has 1 saturated heterocycles. The number of amides is 2. The second-order valence-electron chi connectivity index (χ2n) is 6.07. The lowest BCUT2D eigenvalue weighted by atomic mass is 9.80. The normalized spacial score (nSPS) is 32.1. The van der Waals surface area contributed by atoms with Crippen molar-refractivity contribution in [3.63, 3.8) is 0 Å². The van der Waals surface area contributed by atoms with Crippen LogP contribution in [0.15, 0.2) is 0 Å². The number of hydrogen-bond acceptors (Lipinski definition) is 3. The number of rotatable bonds is 5. The summed E-state index contributed by atoms with van der Waals surface area (Å²) in [5.41, 5.74) is 0. The Morgan fingerprint density at radius 1 is 1.26 bits per heavy atom. The van der Waals surface area contributed by atoms with Crippen molar-refractivity contribution in [3.05, 3.63) is 0 Å². The molecule has 2 fully saturated rings. The summed E-state index contributed by atoms with van der Waals surface area (Å²) in [6.45, 7) is 5.74. The van der Waals surface area contributed by atoms with Crippen molar-refractivity contribution in [3.8, 4) is 0 Å². The molecule has 1 saturated carbocycles. The van der Waals surface area contributed by atoms with Crippen LogP contribution in [0, 0.1) is 11.8 Å². The molecule has 0 aromatic rings. The van der Waals surface area contributed by atoms with Crippen LogP contribution < -0.4 is 5.32 Å². The molecule has 108 valence electrons. The van der Waals surface area contributed by atoms with Gasteiger partial charge in [-0.3, -0.25) is 14.5 Å².